The van der Waals surface area contributed by atoms with Gasteiger partial charge in [0.1, 0.15) is 0 Å². The summed E-state index contributed by atoms with van der Waals surface area (Å²) in [4.78, 5) is 0.626. The lowest BCUT2D eigenvalue weighted by Crippen LogP contribution is -1.90. The normalized spacial score (nSPS) is 11.3. The lowest BCUT2D eigenvalue weighted by Gasteiger charge is -1.99. The van der Waals surface area contributed by atoms with E-state index in [0.29, 0.717) is 15.6 Å². The first-order valence-electron chi connectivity index (χ1n) is 5.39. The van der Waals surface area contributed by atoms with Crippen LogP contribution >= 0.6 is 11.6 Å². The Morgan fingerprint density at radius 3 is 1.68 bits per heavy atom. The quantitative estimate of drug-likeness (QED) is 0.705. The van der Waals surface area contributed by atoms with Crippen LogP contribution in [0.3, 0.4) is 0 Å². The van der Waals surface area contributed by atoms with Crippen molar-refractivity contribution in [1.82, 2.24) is 0 Å². The van der Waals surface area contributed by atoms with Gasteiger partial charge >= 0.3 is 0 Å². The number of rotatable bonds is 1. The monoisotopic (exact) mass is 297 g/mol. The van der Waals surface area contributed by atoms with E-state index in [4.69, 9.17) is 28.8 Å². The molecule has 0 heterocycles. The first kappa shape index (κ1) is 15.3. The summed E-state index contributed by atoms with van der Waals surface area (Å²) in [6, 6.07) is 12.0. The van der Waals surface area contributed by atoms with Gasteiger partial charge in [0.2, 0.25) is 0 Å². The highest BCUT2D eigenvalue weighted by molar-refractivity contribution is 7.84. The van der Waals surface area contributed by atoms with Gasteiger partial charge in [0.25, 0.3) is 0 Å². The molecule has 0 fully saturated rings. The van der Waals surface area contributed by atoms with E-state index >= 15 is 0 Å². The van der Waals surface area contributed by atoms with E-state index in [0.717, 1.165) is 11.4 Å². The first-order valence-corrected chi connectivity index (χ1v) is 7.33. The van der Waals surface area contributed by atoms with Gasteiger partial charge in [-0.3, -0.25) is 4.21 Å². The molecule has 0 amide bonds. The van der Waals surface area contributed by atoms with Gasteiger partial charge in [-0.2, -0.15) is 0 Å². The Hall–Kier alpha value is -1.72. The molecule has 0 aliphatic heterocycles. The van der Waals surface area contributed by atoms with Crippen LogP contribution in [-0.2, 0) is 10.8 Å². The van der Waals surface area contributed by atoms with Crippen molar-refractivity contribution in [2.75, 3.05) is 23.5 Å². The van der Waals surface area contributed by atoms with Crippen molar-refractivity contribution in [3.8, 4) is 0 Å². The fourth-order valence-electron chi connectivity index (χ4n) is 1.25. The molecule has 6 heteroatoms. The van der Waals surface area contributed by atoms with Crippen LogP contribution in [0.15, 0.2) is 47.4 Å². The number of nitrogens with two attached hydrogens (primary N) is 3. The molecule has 1 unspecified atom stereocenters. The molecule has 0 aliphatic rings. The van der Waals surface area contributed by atoms with Crippen LogP contribution in [0.4, 0.5) is 17.1 Å². The van der Waals surface area contributed by atoms with Crippen LogP contribution in [-0.4, -0.2) is 10.5 Å². The highest BCUT2D eigenvalue weighted by Gasteiger charge is 2.02. The van der Waals surface area contributed by atoms with Crippen molar-refractivity contribution in [2.45, 2.75) is 4.90 Å². The van der Waals surface area contributed by atoms with Crippen molar-refractivity contribution >= 4 is 39.5 Å². The summed E-state index contributed by atoms with van der Waals surface area (Å²) in [5.41, 5.74) is 18.3. The van der Waals surface area contributed by atoms with E-state index in [-0.39, 0.29) is 0 Å². The predicted octanol–water partition coefficient (Wildman–Crippen LogP) is 2.51. The van der Waals surface area contributed by atoms with Crippen molar-refractivity contribution in [3.63, 3.8) is 0 Å². The van der Waals surface area contributed by atoms with Crippen LogP contribution < -0.4 is 17.2 Å². The third-order valence-electron chi connectivity index (χ3n) is 2.20. The molecule has 2 aromatic carbocycles. The fourth-order valence-corrected chi connectivity index (χ4v) is 2.35. The molecule has 0 saturated heterocycles. The number of anilines is 3. The van der Waals surface area contributed by atoms with Gasteiger partial charge in [-0.1, -0.05) is 11.6 Å². The maximum atomic E-state index is 11.0. The summed E-state index contributed by atoms with van der Waals surface area (Å²) in [5, 5.41) is 0.464. The van der Waals surface area contributed by atoms with E-state index in [1.54, 1.807) is 48.7 Å². The predicted molar refractivity (Wildman–Crippen MR) is 83.5 cm³/mol. The van der Waals surface area contributed by atoms with Crippen LogP contribution in [0.25, 0.3) is 0 Å². The number of hydrogen-bond acceptors (Lipinski definition) is 4. The highest BCUT2D eigenvalue weighted by atomic mass is 35.5. The lowest BCUT2D eigenvalue weighted by molar-refractivity contribution is 0.687. The maximum absolute atomic E-state index is 11.0. The lowest BCUT2D eigenvalue weighted by atomic mass is 10.3. The van der Waals surface area contributed by atoms with Crippen LogP contribution in [0.5, 0.6) is 0 Å². The molecule has 0 aromatic heterocycles. The molecule has 0 aliphatic carbocycles. The number of halogens is 1. The van der Waals surface area contributed by atoms with Crippen molar-refractivity contribution in [1.29, 1.82) is 0 Å². The molecule has 0 bridgehead atoms. The number of hydrogen-bond donors (Lipinski definition) is 3. The van der Waals surface area contributed by atoms with Crippen molar-refractivity contribution < 1.29 is 4.21 Å². The summed E-state index contributed by atoms with van der Waals surface area (Å²) < 4.78 is 11.0. The smallest absolute Gasteiger partial charge is 0.0587 e. The van der Waals surface area contributed by atoms with Crippen LogP contribution in [0, 0.1) is 0 Å². The SMILES string of the molecule is CS(=O)c1ccc(N)cc1Cl.Nc1ccc(N)cc1. The van der Waals surface area contributed by atoms with Crippen LogP contribution in [0.2, 0.25) is 5.02 Å². The average molecular weight is 298 g/mol. The Kier molecular flexibility index (Phi) is 5.66. The summed E-state index contributed by atoms with van der Waals surface area (Å²) in [5.74, 6) is 0. The van der Waals surface area contributed by atoms with E-state index in [9.17, 15) is 4.21 Å². The summed E-state index contributed by atoms with van der Waals surface area (Å²) >= 11 is 5.75. The Morgan fingerprint density at radius 2 is 1.32 bits per heavy atom. The third kappa shape index (κ3) is 5.19. The van der Waals surface area contributed by atoms with Gasteiger partial charge < -0.3 is 17.2 Å². The second-order valence-corrected chi connectivity index (χ2v) is 5.57. The van der Waals surface area contributed by atoms with Gasteiger partial charge in [0.15, 0.2) is 0 Å². The molecule has 0 radical (unpaired) electrons. The Balaban J connectivity index is 0.000000200. The van der Waals surface area contributed by atoms with E-state index in [1.165, 1.54) is 0 Å². The highest BCUT2D eigenvalue weighted by Crippen LogP contribution is 2.21. The molecule has 2 aromatic rings. The molecule has 0 saturated carbocycles. The van der Waals surface area contributed by atoms with Gasteiger partial charge in [0, 0.05) is 23.3 Å². The number of benzene rings is 2. The molecule has 6 N–H and O–H groups in total. The minimum absolute atomic E-state index is 0.464. The molecule has 0 spiro atoms. The molecular formula is C13H16ClN3OS. The first-order chi connectivity index (χ1) is 8.90. The second-order valence-electron chi connectivity index (χ2n) is 3.81. The zero-order chi connectivity index (χ0) is 14.4. The van der Waals surface area contributed by atoms with E-state index in [2.05, 4.69) is 0 Å². The van der Waals surface area contributed by atoms with Gasteiger partial charge in [-0.15, -0.1) is 0 Å². The van der Waals surface area contributed by atoms with Crippen molar-refractivity contribution in [2.24, 2.45) is 0 Å². The topological polar surface area (TPSA) is 95.1 Å². The average Bonchev–Trinajstić information content (AvgIpc) is 2.33. The Morgan fingerprint density at radius 1 is 0.895 bits per heavy atom. The second kappa shape index (κ2) is 7.01. The van der Waals surface area contributed by atoms with E-state index in [1.807, 2.05) is 0 Å². The molecule has 19 heavy (non-hydrogen) atoms. The summed E-state index contributed by atoms with van der Waals surface area (Å²) in [6.07, 6.45) is 1.58. The summed E-state index contributed by atoms with van der Waals surface area (Å²) in [7, 11) is -1.04. The van der Waals surface area contributed by atoms with Gasteiger partial charge in [-0.25, -0.2) is 0 Å². The molecule has 102 valence electrons. The zero-order valence-corrected chi connectivity index (χ0v) is 12.0. The van der Waals surface area contributed by atoms with Crippen LogP contribution in [0.1, 0.15) is 0 Å². The fraction of sp³-hybridized carbons (Fsp3) is 0.0769. The molecular weight excluding hydrogens is 282 g/mol. The Bertz CT molecular complexity index is 552. The maximum Gasteiger partial charge on any atom is 0.0587 e. The molecule has 2 rings (SSSR count). The molecule has 1 atom stereocenters. The third-order valence-corrected chi connectivity index (χ3v) is 3.60. The minimum atomic E-state index is -1.04. The van der Waals surface area contributed by atoms with Gasteiger partial charge in [0.05, 0.1) is 20.7 Å². The largest absolute Gasteiger partial charge is 0.399 e. The number of nitrogen functional groups attached to an aromatic ring is 3. The van der Waals surface area contributed by atoms with E-state index < -0.39 is 10.8 Å². The van der Waals surface area contributed by atoms with Gasteiger partial charge in [-0.05, 0) is 42.5 Å². The zero-order valence-electron chi connectivity index (χ0n) is 10.5. The molecule has 4 nitrogen and oxygen atoms in total. The van der Waals surface area contributed by atoms with Crippen molar-refractivity contribution in [3.05, 3.63) is 47.5 Å². The summed E-state index contributed by atoms with van der Waals surface area (Å²) in [6.45, 7) is 0. The minimum Gasteiger partial charge on any atom is -0.399 e. The Labute approximate surface area is 120 Å². The standard InChI is InChI=1S/C7H8ClNOS.C6H8N2/c1-11(10)7-3-2-5(9)4-6(7)8;7-5-1-2-6(8)4-3-5/h2-4H,9H2,1H3;1-4H,7-8H2.